The molecule has 0 saturated carbocycles. The van der Waals surface area contributed by atoms with Crippen molar-refractivity contribution >= 4 is 23.1 Å². The van der Waals surface area contributed by atoms with Crippen LogP contribution in [0.5, 0.6) is 0 Å². The first-order chi connectivity index (χ1) is 7.43. The average molecular weight is 272 g/mol. The first kappa shape index (κ1) is 21.4. The molecule has 0 unspecified atom stereocenters. The van der Waals surface area contributed by atoms with Gasteiger partial charge < -0.3 is 15.0 Å². The standard InChI is InChI=1S/C6H6O3S.2CH2O2.Na/c7-10(8,9)6-4-2-1-3-5-6;2*2-1-3;/h1-5H,(H,7,8,9);2*1H,(H,2,3);/q;;;+1/p-1. The van der Waals surface area contributed by atoms with E-state index in [1.807, 2.05) is 0 Å². The predicted octanol–water partition coefficient (Wildman–Crippen LogP) is -4.00. The Bertz CT molecular complexity index is 384. The van der Waals surface area contributed by atoms with E-state index >= 15 is 0 Å². The number of hydrogen-bond acceptors (Lipinski definition) is 5. The summed E-state index contributed by atoms with van der Waals surface area (Å²) in [6.07, 6.45) is 0. The molecule has 0 aliphatic heterocycles. The topological polar surface area (TPSA) is 132 Å². The van der Waals surface area contributed by atoms with Gasteiger partial charge in [-0.2, -0.15) is 8.42 Å². The Morgan fingerprint density at radius 2 is 1.41 bits per heavy atom. The van der Waals surface area contributed by atoms with Gasteiger partial charge in [-0.15, -0.1) is 0 Å². The zero-order chi connectivity index (χ0) is 13.0. The number of hydrogen-bond donors (Lipinski definition) is 2. The third kappa shape index (κ3) is 15.1. The van der Waals surface area contributed by atoms with Crippen LogP contribution >= 0.6 is 0 Å². The van der Waals surface area contributed by atoms with Crippen molar-refractivity contribution in [3.05, 3.63) is 30.3 Å². The van der Waals surface area contributed by atoms with E-state index in [4.69, 9.17) is 24.4 Å². The maximum absolute atomic E-state index is 10.4. The number of carboxylic acid groups (broad SMARTS) is 2. The van der Waals surface area contributed by atoms with Gasteiger partial charge in [-0.25, -0.2) is 0 Å². The molecule has 0 fully saturated rings. The first-order valence-electron chi connectivity index (χ1n) is 3.60. The van der Waals surface area contributed by atoms with Crippen LogP contribution in [0.2, 0.25) is 0 Å². The Morgan fingerprint density at radius 1 is 1.12 bits per heavy atom. The Labute approximate surface area is 120 Å². The third-order valence-electron chi connectivity index (χ3n) is 1.04. The van der Waals surface area contributed by atoms with E-state index in [0.29, 0.717) is 0 Å². The van der Waals surface area contributed by atoms with E-state index in [2.05, 4.69) is 0 Å². The smallest absolute Gasteiger partial charge is 0.554 e. The predicted molar refractivity (Wildman–Crippen MR) is 51.0 cm³/mol. The van der Waals surface area contributed by atoms with Crippen LogP contribution in [0.25, 0.3) is 0 Å². The van der Waals surface area contributed by atoms with Crippen LogP contribution in [-0.4, -0.2) is 31.0 Å². The zero-order valence-electron chi connectivity index (χ0n) is 8.89. The second-order valence-corrected chi connectivity index (χ2v) is 3.41. The van der Waals surface area contributed by atoms with Crippen molar-refractivity contribution in [2.24, 2.45) is 0 Å². The summed E-state index contributed by atoms with van der Waals surface area (Å²) in [6, 6.07) is 7.42. The summed E-state index contributed by atoms with van der Waals surface area (Å²) in [5, 5.41) is 15.1. The molecule has 0 amide bonds. The van der Waals surface area contributed by atoms with Gasteiger partial charge in [0.25, 0.3) is 16.6 Å². The van der Waals surface area contributed by atoms with Gasteiger partial charge in [-0.3, -0.25) is 9.35 Å². The molecule has 2 N–H and O–H groups in total. The van der Waals surface area contributed by atoms with Crippen molar-refractivity contribution in [3.8, 4) is 0 Å². The molecule has 0 aromatic heterocycles. The summed E-state index contributed by atoms with van der Waals surface area (Å²) in [4.78, 5) is 16.5. The van der Waals surface area contributed by atoms with E-state index in [0.717, 1.165) is 0 Å². The van der Waals surface area contributed by atoms with Gasteiger partial charge in [-0.05, 0) is 12.1 Å². The van der Waals surface area contributed by atoms with Crippen molar-refractivity contribution in [1.82, 2.24) is 0 Å². The van der Waals surface area contributed by atoms with Crippen LogP contribution in [0.4, 0.5) is 0 Å². The minimum Gasteiger partial charge on any atom is -0.554 e. The monoisotopic (exact) mass is 272 g/mol. The summed E-state index contributed by atoms with van der Waals surface area (Å²) in [5.41, 5.74) is 0. The van der Waals surface area contributed by atoms with Crippen LogP contribution in [0.3, 0.4) is 0 Å². The number of benzene rings is 1. The summed E-state index contributed by atoms with van der Waals surface area (Å²) >= 11 is 0. The van der Waals surface area contributed by atoms with Crippen molar-refractivity contribution in [1.29, 1.82) is 0 Å². The second kappa shape index (κ2) is 13.1. The molecular weight excluding hydrogens is 263 g/mol. The van der Waals surface area contributed by atoms with Gasteiger partial charge in [0.05, 0.1) is 4.90 Å². The molecule has 0 radical (unpaired) electrons. The normalized spacial score (nSPS) is 8.06. The van der Waals surface area contributed by atoms with Crippen LogP contribution in [0, 0.1) is 0 Å². The third-order valence-corrected chi connectivity index (χ3v) is 1.91. The Morgan fingerprint density at radius 3 is 1.59 bits per heavy atom. The molecule has 0 aliphatic carbocycles. The van der Waals surface area contributed by atoms with E-state index < -0.39 is 16.6 Å². The maximum atomic E-state index is 10.4. The average Bonchev–Trinajstić information content (AvgIpc) is 2.20. The molecule has 0 spiro atoms. The molecule has 17 heavy (non-hydrogen) atoms. The van der Waals surface area contributed by atoms with E-state index in [1.54, 1.807) is 18.2 Å². The summed E-state index contributed by atoms with van der Waals surface area (Å²) in [7, 11) is -4.00. The number of carbonyl (C=O) groups excluding carboxylic acids is 1. The van der Waals surface area contributed by atoms with Crippen molar-refractivity contribution in [2.75, 3.05) is 0 Å². The molecule has 1 aromatic carbocycles. The fourth-order valence-electron chi connectivity index (χ4n) is 0.592. The summed E-state index contributed by atoms with van der Waals surface area (Å²) < 4.78 is 29.2. The molecule has 1 aromatic rings. The van der Waals surface area contributed by atoms with Crippen molar-refractivity contribution < 1.29 is 62.3 Å². The number of carbonyl (C=O) groups is 2. The van der Waals surface area contributed by atoms with Crippen LogP contribution in [0.15, 0.2) is 35.2 Å². The molecule has 7 nitrogen and oxygen atoms in total. The summed E-state index contributed by atoms with van der Waals surface area (Å²) in [5.74, 6) is 0. The largest absolute Gasteiger partial charge is 1.00 e. The Kier molecular flexibility index (Phi) is 16.5. The fraction of sp³-hybridized carbons (Fsp3) is 0. The minimum absolute atomic E-state index is 0. The van der Waals surface area contributed by atoms with Crippen LogP contribution in [-0.2, 0) is 19.7 Å². The molecular formula is C8H9NaO7S. The molecule has 90 valence electrons. The molecule has 0 aliphatic rings. The van der Waals surface area contributed by atoms with Crippen molar-refractivity contribution in [2.45, 2.75) is 4.90 Å². The van der Waals surface area contributed by atoms with Crippen LogP contribution < -0.4 is 34.7 Å². The van der Waals surface area contributed by atoms with E-state index in [-0.39, 0.29) is 40.9 Å². The molecule has 0 heterocycles. The van der Waals surface area contributed by atoms with Crippen LogP contribution in [0.1, 0.15) is 0 Å². The molecule has 9 heteroatoms. The van der Waals surface area contributed by atoms with Gasteiger partial charge in [0.1, 0.15) is 0 Å². The molecule has 0 saturated heterocycles. The maximum Gasteiger partial charge on any atom is 1.00 e. The first-order valence-corrected chi connectivity index (χ1v) is 5.04. The van der Waals surface area contributed by atoms with Gasteiger partial charge in [0.2, 0.25) is 0 Å². The quantitative estimate of drug-likeness (QED) is 0.302. The SMILES string of the molecule is O=CO.O=C[O-].O=S(=O)(O)c1ccccc1.[Na+]. The zero-order valence-corrected chi connectivity index (χ0v) is 11.7. The van der Waals surface area contributed by atoms with Gasteiger partial charge in [-0.1, -0.05) is 18.2 Å². The second-order valence-electron chi connectivity index (χ2n) is 1.99. The van der Waals surface area contributed by atoms with E-state index in [1.165, 1.54) is 12.1 Å². The fourth-order valence-corrected chi connectivity index (χ4v) is 1.09. The van der Waals surface area contributed by atoms with E-state index in [9.17, 15) is 8.42 Å². The molecule has 1 rings (SSSR count). The number of rotatable bonds is 1. The molecule has 0 atom stereocenters. The van der Waals surface area contributed by atoms with Gasteiger partial charge in [0.15, 0.2) is 0 Å². The Hall–Kier alpha value is -0.930. The minimum atomic E-state index is -4.00. The summed E-state index contributed by atoms with van der Waals surface area (Å²) in [6.45, 7) is -0.750. The van der Waals surface area contributed by atoms with Gasteiger partial charge >= 0.3 is 29.6 Å². The molecule has 0 bridgehead atoms. The van der Waals surface area contributed by atoms with Gasteiger partial charge in [0, 0.05) is 6.47 Å². The Balaban J connectivity index is -0.000000240. The van der Waals surface area contributed by atoms with Crippen molar-refractivity contribution in [3.63, 3.8) is 0 Å².